The Labute approximate surface area is 151 Å². The standard InChI is InChI=1S/C17H22FN3O4S/c1-10-13-6-12(18)4-5-14(13)19-16(10)17(22)20-15-8-25-7-11(15)9-26(23,24)21(2)3/h4-6,11,15,19H,7-9H2,1-3H3,(H,20,22)/t11-,15-/m0/s1. The molecule has 2 N–H and O–H groups in total. The fraction of sp³-hybridized carbons (Fsp3) is 0.471. The zero-order valence-electron chi connectivity index (χ0n) is 14.9. The zero-order chi connectivity index (χ0) is 19.1. The number of aromatic amines is 1. The Balaban J connectivity index is 1.78. The molecule has 0 unspecified atom stereocenters. The second-order valence-corrected chi connectivity index (χ2v) is 8.98. The molecular weight excluding hydrogens is 361 g/mol. The summed E-state index contributed by atoms with van der Waals surface area (Å²) in [6.45, 7) is 2.27. The number of nitrogens with one attached hydrogen (secondary N) is 2. The smallest absolute Gasteiger partial charge is 0.268 e. The van der Waals surface area contributed by atoms with Gasteiger partial charge in [0.15, 0.2) is 0 Å². The molecule has 1 saturated heterocycles. The number of sulfonamides is 1. The van der Waals surface area contributed by atoms with Crippen LogP contribution in [0.3, 0.4) is 0 Å². The molecule has 0 saturated carbocycles. The van der Waals surface area contributed by atoms with E-state index in [0.717, 1.165) is 0 Å². The van der Waals surface area contributed by atoms with E-state index in [2.05, 4.69) is 10.3 Å². The average molecular weight is 383 g/mol. The van der Waals surface area contributed by atoms with Gasteiger partial charge in [-0.25, -0.2) is 17.1 Å². The quantitative estimate of drug-likeness (QED) is 0.813. The highest BCUT2D eigenvalue weighted by Gasteiger charge is 2.34. The minimum Gasteiger partial charge on any atom is -0.379 e. The van der Waals surface area contributed by atoms with Crippen LogP contribution in [-0.4, -0.2) is 62.7 Å². The van der Waals surface area contributed by atoms with Crippen molar-refractivity contribution < 1.29 is 22.3 Å². The monoisotopic (exact) mass is 383 g/mol. The molecule has 0 radical (unpaired) electrons. The predicted octanol–water partition coefficient (Wildman–Crippen LogP) is 1.25. The van der Waals surface area contributed by atoms with E-state index in [0.29, 0.717) is 22.2 Å². The Morgan fingerprint density at radius 3 is 2.81 bits per heavy atom. The van der Waals surface area contributed by atoms with Crippen LogP contribution >= 0.6 is 0 Å². The molecule has 7 nitrogen and oxygen atoms in total. The summed E-state index contributed by atoms with van der Waals surface area (Å²) >= 11 is 0. The fourth-order valence-corrected chi connectivity index (χ4v) is 4.28. The summed E-state index contributed by atoms with van der Waals surface area (Å²) in [6.07, 6.45) is 0. The van der Waals surface area contributed by atoms with Crippen molar-refractivity contribution in [3.8, 4) is 0 Å². The van der Waals surface area contributed by atoms with Gasteiger partial charge in [0.1, 0.15) is 11.5 Å². The summed E-state index contributed by atoms with van der Waals surface area (Å²) in [5.41, 5.74) is 1.66. The van der Waals surface area contributed by atoms with Crippen LogP contribution < -0.4 is 5.32 Å². The third-order valence-corrected chi connectivity index (χ3v) is 6.71. The summed E-state index contributed by atoms with van der Waals surface area (Å²) in [7, 11) is -0.440. The predicted molar refractivity (Wildman–Crippen MR) is 96.0 cm³/mol. The lowest BCUT2D eigenvalue weighted by molar-refractivity contribution is 0.0921. The molecule has 0 bridgehead atoms. The van der Waals surface area contributed by atoms with Gasteiger partial charge >= 0.3 is 0 Å². The van der Waals surface area contributed by atoms with Crippen LogP contribution in [0.5, 0.6) is 0 Å². The van der Waals surface area contributed by atoms with Crippen LogP contribution in [0.4, 0.5) is 4.39 Å². The summed E-state index contributed by atoms with van der Waals surface area (Å²) in [5, 5.41) is 3.49. The first kappa shape index (κ1) is 18.8. The molecular formula is C17H22FN3O4S. The van der Waals surface area contributed by atoms with Gasteiger partial charge in [-0.1, -0.05) is 0 Å². The molecule has 1 aliphatic rings. The Kier molecular flexibility index (Phi) is 5.05. The van der Waals surface area contributed by atoms with Crippen molar-refractivity contribution in [2.45, 2.75) is 13.0 Å². The molecule has 2 aromatic rings. The molecule has 1 amide bonds. The normalized spacial score (nSPS) is 20.8. The zero-order valence-corrected chi connectivity index (χ0v) is 15.7. The first-order valence-electron chi connectivity index (χ1n) is 8.25. The lowest BCUT2D eigenvalue weighted by Gasteiger charge is -2.21. The molecule has 1 aromatic carbocycles. The van der Waals surface area contributed by atoms with Gasteiger partial charge in [0.25, 0.3) is 5.91 Å². The van der Waals surface area contributed by atoms with Gasteiger partial charge < -0.3 is 15.0 Å². The van der Waals surface area contributed by atoms with Crippen LogP contribution in [-0.2, 0) is 14.8 Å². The lowest BCUT2D eigenvalue weighted by Crippen LogP contribution is -2.43. The van der Waals surface area contributed by atoms with Crippen LogP contribution in [0.2, 0.25) is 0 Å². The van der Waals surface area contributed by atoms with Gasteiger partial charge in [-0.15, -0.1) is 0 Å². The lowest BCUT2D eigenvalue weighted by atomic mass is 10.1. The topological polar surface area (TPSA) is 91.5 Å². The average Bonchev–Trinajstić information content (AvgIpc) is 3.12. The molecule has 26 heavy (non-hydrogen) atoms. The van der Waals surface area contributed by atoms with Crippen LogP contribution in [0, 0.1) is 18.7 Å². The van der Waals surface area contributed by atoms with Crippen LogP contribution in [0.25, 0.3) is 10.9 Å². The Morgan fingerprint density at radius 1 is 1.38 bits per heavy atom. The molecule has 3 rings (SSSR count). The number of nitrogens with zero attached hydrogens (tertiary/aromatic N) is 1. The first-order valence-corrected chi connectivity index (χ1v) is 9.86. The van der Waals surface area contributed by atoms with Crippen molar-refractivity contribution in [2.75, 3.05) is 33.1 Å². The summed E-state index contributed by atoms with van der Waals surface area (Å²) in [6, 6.07) is 3.88. The number of benzene rings is 1. The maximum Gasteiger partial charge on any atom is 0.268 e. The van der Waals surface area contributed by atoms with E-state index >= 15 is 0 Å². The van der Waals surface area contributed by atoms with Gasteiger partial charge in [0, 0.05) is 30.9 Å². The van der Waals surface area contributed by atoms with Crippen molar-refractivity contribution in [3.63, 3.8) is 0 Å². The van der Waals surface area contributed by atoms with Gasteiger partial charge in [0.2, 0.25) is 10.0 Å². The molecule has 1 aromatic heterocycles. The van der Waals surface area contributed by atoms with E-state index in [1.54, 1.807) is 13.0 Å². The minimum atomic E-state index is -3.40. The minimum absolute atomic E-state index is 0.0954. The van der Waals surface area contributed by atoms with E-state index < -0.39 is 16.1 Å². The van der Waals surface area contributed by atoms with E-state index in [-0.39, 0.29) is 36.6 Å². The number of hydrogen-bond donors (Lipinski definition) is 2. The first-order chi connectivity index (χ1) is 12.2. The molecule has 142 valence electrons. The second-order valence-electron chi connectivity index (χ2n) is 6.75. The molecule has 2 atom stereocenters. The van der Waals surface area contributed by atoms with Crippen LogP contribution in [0.15, 0.2) is 18.2 Å². The number of ether oxygens (including phenoxy) is 1. The van der Waals surface area contributed by atoms with E-state index in [1.807, 2.05) is 0 Å². The van der Waals surface area contributed by atoms with Crippen molar-refractivity contribution in [3.05, 3.63) is 35.3 Å². The highest BCUT2D eigenvalue weighted by atomic mass is 32.2. The van der Waals surface area contributed by atoms with Crippen molar-refractivity contribution in [1.29, 1.82) is 0 Å². The number of fused-ring (bicyclic) bond motifs is 1. The molecule has 2 heterocycles. The highest BCUT2D eigenvalue weighted by molar-refractivity contribution is 7.89. The number of aromatic nitrogens is 1. The molecule has 0 spiro atoms. The number of hydrogen-bond acceptors (Lipinski definition) is 4. The van der Waals surface area contributed by atoms with Crippen molar-refractivity contribution in [1.82, 2.24) is 14.6 Å². The molecule has 0 aliphatic carbocycles. The van der Waals surface area contributed by atoms with Crippen molar-refractivity contribution in [2.24, 2.45) is 5.92 Å². The Bertz CT molecular complexity index is 939. The molecule has 9 heteroatoms. The number of H-pyrrole nitrogens is 1. The van der Waals surface area contributed by atoms with Gasteiger partial charge in [0.05, 0.1) is 25.0 Å². The van der Waals surface area contributed by atoms with Crippen LogP contribution in [0.1, 0.15) is 16.1 Å². The Hall–Kier alpha value is -1.97. The summed E-state index contributed by atoms with van der Waals surface area (Å²) < 4.78 is 44.2. The number of amides is 1. The van der Waals surface area contributed by atoms with Crippen molar-refractivity contribution >= 4 is 26.8 Å². The third kappa shape index (κ3) is 3.60. The highest BCUT2D eigenvalue weighted by Crippen LogP contribution is 2.23. The largest absolute Gasteiger partial charge is 0.379 e. The third-order valence-electron chi connectivity index (χ3n) is 4.74. The van der Waals surface area contributed by atoms with Gasteiger partial charge in [-0.2, -0.15) is 0 Å². The number of halogens is 1. The number of aryl methyl sites for hydroxylation is 1. The molecule has 1 fully saturated rings. The Morgan fingerprint density at radius 2 is 2.12 bits per heavy atom. The van der Waals surface area contributed by atoms with Gasteiger partial charge in [-0.05, 0) is 30.7 Å². The maximum absolute atomic E-state index is 13.4. The number of carbonyl (C=O) groups excluding carboxylic acids is 1. The molecule has 1 aliphatic heterocycles. The fourth-order valence-electron chi connectivity index (χ4n) is 3.11. The number of carbonyl (C=O) groups is 1. The number of rotatable bonds is 5. The van der Waals surface area contributed by atoms with E-state index in [1.165, 1.54) is 30.5 Å². The summed E-state index contributed by atoms with van der Waals surface area (Å²) in [5.74, 6) is -1.15. The maximum atomic E-state index is 13.4. The van der Waals surface area contributed by atoms with E-state index in [4.69, 9.17) is 4.74 Å². The van der Waals surface area contributed by atoms with E-state index in [9.17, 15) is 17.6 Å². The summed E-state index contributed by atoms with van der Waals surface area (Å²) in [4.78, 5) is 15.7. The SMILES string of the molecule is Cc1c(C(=O)N[C@H]2COC[C@H]2CS(=O)(=O)N(C)C)[nH]c2ccc(F)cc12. The van der Waals surface area contributed by atoms with Gasteiger partial charge in [-0.3, -0.25) is 4.79 Å². The second kappa shape index (κ2) is 6.98.